The Morgan fingerprint density at radius 2 is 1.87 bits per heavy atom. The van der Waals surface area contributed by atoms with Gasteiger partial charge in [0.15, 0.2) is 0 Å². The molecule has 0 N–H and O–H groups in total. The Morgan fingerprint density at radius 3 is 2.52 bits per heavy atom. The Morgan fingerprint density at radius 1 is 1.13 bits per heavy atom. The van der Waals surface area contributed by atoms with Gasteiger partial charge in [0.2, 0.25) is 5.91 Å². The minimum atomic E-state index is -0.439. The van der Waals surface area contributed by atoms with Gasteiger partial charge in [-0.25, -0.2) is 9.18 Å². The first-order valence-electron chi connectivity index (χ1n) is 7.28. The number of carbonyl (C=O) groups excluding carboxylic acids is 2. The number of hydrogen-bond donors (Lipinski definition) is 0. The maximum Gasteiger partial charge on any atom is 0.337 e. The van der Waals surface area contributed by atoms with Gasteiger partial charge in [-0.3, -0.25) is 4.79 Å². The van der Waals surface area contributed by atoms with Crippen LogP contribution in [0.2, 0.25) is 0 Å². The van der Waals surface area contributed by atoms with E-state index in [1.165, 1.54) is 24.1 Å². The van der Waals surface area contributed by atoms with Crippen LogP contribution in [0.4, 0.5) is 10.1 Å². The van der Waals surface area contributed by atoms with E-state index in [1.807, 2.05) is 6.07 Å². The summed E-state index contributed by atoms with van der Waals surface area (Å²) in [7, 11) is 1.31. The van der Waals surface area contributed by atoms with Gasteiger partial charge < -0.3 is 9.64 Å². The van der Waals surface area contributed by atoms with Gasteiger partial charge in [-0.1, -0.05) is 25.1 Å². The number of nitrogens with zero attached hydrogens (tertiary/aromatic N) is 1. The van der Waals surface area contributed by atoms with Gasteiger partial charge in [-0.15, -0.1) is 0 Å². The van der Waals surface area contributed by atoms with Crippen LogP contribution >= 0.6 is 0 Å². The molecule has 0 saturated carbocycles. The Labute approximate surface area is 134 Å². The van der Waals surface area contributed by atoms with E-state index in [9.17, 15) is 14.0 Å². The first-order valence-corrected chi connectivity index (χ1v) is 7.28. The third kappa shape index (κ3) is 4.16. The van der Waals surface area contributed by atoms with Crippen LogP contribution in [0.25, 0.3) is 0 Å². The van der Waals surface area contributed by atoms with E-state index in [2.05, 4.69) is 0 Å². The molecule has 0 heterocycles. The molecule has 0 spiro atoms. The van der Waals surface area contributed by atoms with Crippen molar-refractivity contribution in [2.45, 2.75) is 19.9 Å². The van der Waals surface area contributed by atoms with E-state index >= 15 is 0 Å². The highest BCUT2D eigenvalue weighted by molar-refractivity contribution is 5.93. The molecule has 5 heteroatoms. The summed E-state index contributed by atoms with van der Waals surface area (Å²) in [5, 5.41) is 0. The van der Waals surface area contributed by atoms with Gasteiger partial charge in [0, 0.05) is 12.1 Å². The highest BCUT2D eigenvalue weighted by Gasteiger charge is 2.16. The number of amides is 1. The van der Waals surface area contributed by atoms with Crippen molar-refractivity contribution >= 4 is 17.6 Å². The van der Waals surface area contributed by atoms with E-state index < -0.39 is 11.8 Å². The van der Waals surface area contributed by atoms with Crippen molar-refractivity contribution in [1.29, 1.82) is 0 Å². The summed E-state index contributed by atoms with van der Waals surface area (Å²) in [6, 6.07) is 12.7. The van der Waals surface area contributed by atoms with Crippen molar-refractivity contribution < 1.29 is 18.7 Å². The molecule has 2 aromatic carbocycles. The molecule has 23 heavy (non-hydrogen) atoms. The maximum atomic E-state index is 13.5. The fourth-order valence-electron chi connectivity index (χ4n) is 2.26. The highest BCUT2D eigenvalue weighted by Crippen LogP contribution is 2.20. The Hall–Kier alpha value is -2.69. The van der Waals surface area contributed by atoms with E-state index in [-0.39, 0.29) is 12.5 Å². The number of rotatable bonds is 5. The topological polar surface area (TPSA) is 46.6 Å². The molecule has 0 aromatic heterocycles. The van der Waals surface area contributed by atoms with Crippen molar-refractivity contribution in [3.63, 3.8) is 0 Å². The van der Waals surface area contributed by atoms with Gasteiger partial charge in [0.1, 0.15) is 5.82 Å². The number of esters is 1. The summed E-state index contributed by atoms with van der Waals surface area (Å²) >= 11 is 0. The molecule has 2 rings (SSSR count). The lowest BCUT2D eigenvalue weighted by molar-refractivity contribution is -0.118. The molecule has 1 amide bonds. The molecule has 0 fully saturated rings. The Balaban J connectivity index is 2.32. The molecular formula is C18H18FNO3. The Kier molecular flexibility index (Phi) is 5.46. The molecule has 2 aromatic rings. The van der Waals surface area contributed by atoms with Gasteiger partial charge in [0.05, 0.1) is 19.2 Å². The van der Waals surface area contributed by atoms with Crippen molar-refractivity contribution in [3.8, 4) is 0 Å². The standard InChI is InChI=1S/C18H18FNO3/c1-3-17(21)20(16-9-5-8-15(19)11-16)12-13-6-4-7-14(10-13)18(22)23-2/h4-11H,3,12H2,1-2H3. The number of ether oxygens (including phenoxy) is 1. The summed E-state index contributed by atoms with van der Waals surface area (Å²) in [5.41, 5.74) is 1.66. The monoisotopic (exact) mass is 315 g/mol. The van der Waals surface area contributed by atoms with E-state index in [0.29, 0.717) is 17.7 Å². The van der Waals surface area contributed by atoms with Crippen molar-refractivity contribution in [3.05, 3.63) is 65.5 Å². The molecule has 120 valence electrons. The smallest absolute Gasteiger partial charge is 0.337 e. The Bertz CT molecular complexity index is 715. The minimum absolute atomic E-state index is 0.126. The van der Waals surface area contributed by atoms with Gasteiger partial charge in [-0.2, -0.15) is 0 Å². The molecule has 0 aliphatic carbocycles. The van der Waals surface area contributed by atoms with Crippen molar-refractivity contribution in [1.82, 2.24) is 0 Å². The quantitative estimate of drug-likeness (QED) is 0.793. The average Bonchev–Trinajstić information content (AvgIpc) is 2.58. The fourth-order valence-corrected chi connectivity index (χ4v) is 2.26. The first kappa shape index (κ1) is 16.7. The van der Waals surface area contributed by atoms with Crippen LogP contribution in [0.3, 0.4) is 0 Å². The average molecular weight is 315 g/mol. The van der Waals surface area contributed by atoms with E-state index in [4.69, 9.17) is 4.74 Å². The van der Waals surface area contributed by atoms with Crippen LogP contribution in [0, 0.1) is 5.82 Å². The predicted octanol–water partition coefficient (Wildman–Crippen LogP) is 3.56. The zero-order chi connectivity index (χ0) is 16.8. The molecule has 4 nitrogen and oxygen atoms in total. The summed E-state index contributed by atoms with van der Waals surface area (Å²) in [6.07, 6.45) is 0.299. The third-order valence-electron chi connectivity index (χ3n) is 3.41. The van der Waals surface area contributed by atoms with Crippen LogP contribution in [0.1, 0.15) is 29.3 Å². The van der Waals surface area contributed by atoms with Crippen LogP contribution in [0.5, 0.6) is 0 Å². The third-order valence-corrected chi connectivity index (χ3v) is 3.41. The normalized spacial score (nSPS) is 10.2. The van der Waals surface area contributed by atoms with E-state index in [1.54, 1.807) is 37.3 Å². The molecule has 0 bridgehead atoms. The lowest BCUT2D eigenvalue weighted by Crippen LogP contribution is -2.29. The van der Waals surface area contributed by atoms with Gasteiger partial charge >= 0.3 is 5.97 Å². The van der Waals surface area contributed by atoms with Crippen LogP contribution < -0.4 is 4.90 Å². The largest absolute Gasteiger partial charge is 0.465 e. The van der Waals surface area contributed by atoms with Gasteiger partial charge in [0.25, 0.3) is 0 Å². The lowest BCUT2D eigenvalue weighted by atomic mass is 10.1. The number of methoxy groups -OCH3 is 1. The second-order valence-electron chi connectivity index (χ2n) is 5.01. The fraction of sp³-hybridized carbons (Fsp3) is 0.222. The minimum Gasteiger partial charge on any atom is -0.465 e. The zero-order valence-corrected chi connectivity index (χ0v) is 13.1. The summed E-state index contributed by atoms with van der Waals surface area (Å²) in [5.74, 6) is -0.968. The molecule has 0 aliphatic heterocycles. The van der Waals surface area contributed by atoms with Crippen LogP contribution in [-0.4, -0.2) is 19.0 Å². The van der Waals surface area contributed by atoms with Gasteiger partial charge in [-0.05, 0) is 35.9 Å². The lowest BCUT2D eigenvalue weighted by Gasteiger charge is -2.23. The molecule has 0 radical (unpaired) electrons. The number of halogens is 1. The summed E-state index contributed by atoms with van der Waals surface area (Å²) < 4.78 is 18.1. The van der Waals surface area contributed by atoms with Crippen molar-refractivity contribution in [2.75, 3.05) is 12.0 Å². The number of hydrogen-bond acceptors (Lipinski definition) is 3. The predicted molar refractivity (Wildman–Crippen MR) is 85.7 cm³/mol. The van der Waals surface area contributed by atoms with Crippen molar-refractivity contribution in [2.24, 2.45) is 0 Å². The van der Waals surface area contributed by atoms with Crippen LogP contribution in [-0.2, 0) is 16.1 Å². The maximum absolute atomic E-state index is 13.5. The van der Waals surface area contributed by atoms with E-state index in [0.717, 1.165) is 5.56 Å². The summed E-state index contributed by atoms with van der Waals surface area (Å²) in [6.45, 7) is 2.00. The molecule has 0 saturated heterocycles. The highest BCUT2D eigenvalue weighted by atomic mass is 19.1. The SMILES string of the molecule is CCC(=O)N(Cc1cccc(C(=O)OC)c1)c1cccc(F)c1. The second kappa shape index (κ2) is 7.54. The number of benzene rings is 2. The molecule has 0 atom stereocenters. The first-order chi connectivity index (χ1) is 11.0. The molecule has 0 aliphatic rings. The number of carbonyl (C=O) groups is 2. The summed E-state index contributed by atoms with van der Waals surface area (Å²) in [4.78, 5) is 25.3. The molecular weight excluding hydrogens is 297 g/mol. The van der Waals surface area contributed by atoms with Crippen LogP contribution in [0.15, 0.2) is 48.5 Å². The molecule has 0 unspecified atom stereocenters. The second-order valence-corrected chi connectivity index (χ2v) is 5.01. The zero-order valence-electron chi connectivity index (χ0n) is 13.1. The number of anilines is 1.